The van der Waals surface area contributed by atoms with Gasteiger partial charge in [-0.25, -0.2) is 0 Å². The highest BCUT2D eigenvalue weighted by Gasteiger charge is 2.09. The van der Waals surface area contributed by atoms with E-state index in [1.54, 1.807) is 12.1 Å². The van der Waals surface area contributed by atoms with Crippen LogP contribution in [0, 0.1) is 6.92 Å². The number of nitrogens with zero attached hydrogens (tertiary/aromatic N) is 2. The first-order valence-corrected chi connectivity index (χ1v) is 7.53. The maximum absolute atomic E-state index is 12.1. The van der Waals surface area contributed by atoms with E-state index in [1.807, 2.05) is 31.2 Å². The number of aromatic nitrogens is 2. The van der Waals surface area contributed by atoms with Gasteiger partial charge in [0.05, 0.1) is 0 Å². The van der Waals surface area contributed by atoms with Crippen molar-refractivity contribution in [3.05, 3.63) is 53.2 Å². The normalized spacial score (nSPS) is 11.8. The van der Waals surface area contributed by atoms with Gasteiger partial charge in [0.2, 0.25) is 0 Å². The van der Waals surface area contributed by atoms with Crippen molar-refractivity contribution in [1.82, 2.24) is 15.5 Å². The molecule has 0 radical (unpaired) electrons. The second-order valence-electron chi connectivity index (χ2n) is 5.37. The Morgan fingerprint density at radius 2 is 1.95 bits per heavy atom. The molecule has 1 aromatic carbocycles. The van der Waals surface area contributed by atoms with E-state index in [4.69, 9.17) is 0 Å². The van der Waals surface area contributed by atoms with Gasteiger partial charge in [-0.15, -0.1) is 10.2 Å². The predicted octanol–water partition coefficient (Wildman–Crippen LogP) is 2.93. The third-order valence-electron chi connectivity index (χ3n) is 3.60. The zero-order valence-corrected chi connectivity index (χ0v) is 13.3. The van der Waals surface area contributed by atoms with Crippen molar-refractivity contribution in [3.8, 4) is 0 Å². The molecule has 0 aliphatic rings. The SMILES string of the molecule is CCC(C)Nc1ccc(C(=O)NCc2ccccc2C)nn1. The third kappa shape index (κ3) is 4.28. The van der Waals surface area contributed by atoms with Gasteiger partial charge < -0.3 is 10.6 Å². The van der Waals surface area contributed by atoms with E-state index in [0.29, 0.717) is 24.1 Å². The molecular formula is C17H22N4O. The Kier molecular flexibility index (Phi) is 5.47. The third-order valence-corrected chi connectivity index (χ3v) is 3.60. The minimum Gasteiger partial charge on any atom is -0.366 e. The summed E-state index contributed by atoms with van der Waals surface area (Å²) < 4.78 is 0. The molecule has 1 heterocycles. The molecule has 0 saturated heterocycles. The van der Waals surface area contributed by atoms with Crippen molar-refractivity contribution < 1.29 is 4.79 Å². The molecule has 0 saturated carbocycles. The predicted molar refractivity (Wildman–Crippen MR) is 87.8 cm³/mol. The van der Waals surface area contributed by atoms with E-state index in [1.165, 1.54) is 0 Å². The lowest BCUT2D eigenvalue weighted by Gasteiger charge is -2.11. The lowest BCUT2D eigenvalue weighted by atomic mass is 10.1. The van der Waals surface area contributed by atoms with E-state index >= 15 is 0 Å². The quantitative estimate of drug-likeness (QED) is 0.860. The van der Waals surface area contributed by atoms with Crippen molar-refractivity contribution in [3.63, 3.8) is 0 Å². The van der Waals surface area contributed by atoms with E-state index in [0.717, 1.165) is 17.5 Å². The second kappa shape index (κ2) is 7.54. The van der Waals surface area contributed by atoms with Crippen LogP contribution in [0.3, 0.4) is 0 Å². The average molecular weight is 298 g/mol. The molecule has 2 rings (SSSR count). The fourth-order valence-electron chi connectivity index (χ4n) is 1.96. The Balaban J connectivity index is 1.94. The minimum atomic E-state index is -0.217. The lowest BCUT2D eigenvalue weighted by Crippen LogP contribution is -2.24. The maximum Gasteiger partial charge on any atom is 0.272 e. The molecule has 22 heavy (non-hydrogen) atoms. The zero-order chi connectivity index (χ0) is 15.9. The molecule has 0 aliphatic carbocycles. The van der Waals surface area contributed by atoms with Crippen LogP contribution in [0.1, 0.15) is 41.9 Å². The minimum absolute atomic E-state index is 0.217. The molecule has 1 unspecified atom stereocenters. The van der Waals surface area contributed by atoms with Crippen LogP contribution in [0.25, 0.3) is 0 Å². The zero-order valence-electron chi connectivity index (χ0n) is 13.3. The molecule has 5 nitrogen and oxygen atoms in total. The molecule has 2 N–H and O–H groups in total. The lowest BCUT2D eigenvalue weighted by molar-refractivity contribution is 0.0945. The number of amides is 1. The van der Waals surface area contributed by atoms with E-state index < -0.39 is 0 Å². The van der Waals surface area contributed by atoms with Crippen LogP contribution in [-0.4, -0.2) is 22.1 Å². The Hall–Kier alpha value is -2.43. The van der Waals surface area contributed by atoms with Crippen molar-refractivity contribution >= 4 is 11.7 Å². The highest BCUT2D eigenvalue weighted by Crippen LogP contribution is 2.08. The Labute approximate surface area is 131 Å². The van der Waals surface area contributed by atoms with Crippen molar-refractivity contribution in [2.75, 3.05) is 5.32 Å². The first-order chi connectivity index (χ1) is 10.6. The highest BCUT2D eigenvalue weighted by atomic mass is 16.1. The van der Waals surface area contributed by atoms with Crippen LogP contribution in [0.5, 0.6) is 0 Å². The van der Waals surface area contributed by atoms with Gasteiger partial charge in [0.15, 0.2) is 5.69 Å². The smallest absolute Gasteiger partial charge is 0.272 e. The van der Waals surface area contributed by atoms with Crippen molar-refractivity contribution in [2.24, 2.45) is 0 Å². The molecule has 1 amide bonds. The molecule has 5 heteroatoms. The first-order valence-electron chi connectivity index (χ1n) is 7.53. The Bertz CT molecular complexity index is 625. The number of benzene rings is 1. The van der Waals surface area contributed by atoms with E-state index in [-0.39, 0.29) is 5.91 Å². The summed E-state index contributed by atoms with van der Waals surface area (Å²) in [4.78, 5) is 12.1. The molecule has 0 bridgehead atoms. The van der Waals surface area contributed by atoms with E-state index in [2.05, 4.69) is 34.7 Å². The number of hydrogen-bond acceptors (Lipinski definition) is 4. The summed E-state index contributed by atoms with van der Waals surface area (Å²) in [6, 6.07) is 11.8. The van der Waals surface area contributed by atoms with Crippen molar-refractivity contribution in [2.45, 2.75) is 39.8 Å². The summed E-state index contributed by atoms with van der Waals surface area (Å²) >= 11 is 0. The number of hydrogen-bond donors (Lipinski definition) is 2. The van der Waals surface area contributed by atoms with Crippen LogP contribution in [0.2, 0.25) is 0 Å². The van der Waals surface area contributed by atoms with Gasteiger partial charge in [0, 0.05) is 12.6 Å². The van der Waals surface area contributed by atoms with Crippen LogP contribution in [0.15, 0.2) is 36.4 Å². The van der Waals surface area contributed by atoms with Crippen molar-refractivity contribution in [1.29, 1.82) is 0 Å². The Morgan fingerprint density at radius 3 is 2.59 bits per heavy atom. The van der Waals surface area contributed by atoms with Gasteiger partial charge in [0.1, 0.15) is 5.82 Å². The molecule has 1 aromatic heterocycles. The molecule has 0 spiro atoms. The second-order valence-corrected chi connectivity index (χ2v) is 5.37. The molecule has 1 atom stereocenters. The van der Waals surface area contributed by atoms with Crippen LogP contribution in [0.4, 0.5) is 5.82 Å². The van der Waals surface area contributed by atoms with Gasteiger partial charge in [0.25, 0.3) is 5.91 Å². The Morgan fingerprint density at radius 1 is 1.18 bits per heavy atom. The first kappa shape index (κ1) is 15.9. The molecule has 116 valence electrons. The summed E-state index contributed by atoms with van der Waals surface area (Å²) in [6.45, 7) is 6.68. The number of rotatable bonds is 6. The highest BCUT2D eigenvalue weighted by molar-refractivity contribution is 5.92. The monoisotopic (exact) mass is 298 g/mol. The molecule has 2 aromatic rings. The summed E-state index contributed by atoms with van der Waals surface area (Å²) in [6.07, 6.45) is 1.00. The van der Waals surface area contributed by atoms with Crippen LogP contribution in [-0.2, 0) is 6.54 Å². The number of carbonyl (C=O) groups is 1. The average Bonchev–Trinajstić information content (AvgIpc) is 2.54. The van der Waals surface area contributed by atoms with E-state index in [9.17, 15) is 4.79 Å². The summed E-state index contributed by atoms with van der Waals surface area (Å²) in [5.41, 5.74) is 2.57. The van der Waals surface area contributed by atoms with Gasteiger partial charge in [-0.2, -0.15) is 0 Å². The van der Waals surface area contributed by atoms with Gasteiger partial charge in [-0.1, -0.05) is 31.2 Å². The number of aryl methyl sites for hydroxylation is 1. The van der Waals surface area contributed by atoms with Crippen LogP contribution >= 0.6 is 0 Å². The number of anilines is 1. The maximum atomic E-state index is 12.1. The number of carbonyl (C=O) groups excluding carboxylic acids is 1. The number of nitrogens with one attached hydrogen (secondary N) is 2. The summed E-state index contributed by atoms with van der Waals surface area (Å²) in [5.74, 6) is 0.468. The fraction of sp³-hybridized carbons (Fsp3) is 0.353. The fourth-order valence-corrected chi connectivity index (χ4v) is 1.96. The summed E-state index contributed by atoms with van der Waals surface area (Å²) in [5, 5.41) is 14.1. The van der Waals surface area contributed by atoms with Gasteiger partial charge in [-0.05, 0) is 43.5 Å². The largest absolute Gasteiger partial charge is 0.366 e. The molecule has 0 aliphatic heterocycles. The molecular weight excluding hydrogens is 276 g/mol. The van der Waals surface area contributed by atoms with Gasteiger partial charge in [-0.3, -0.25) is 4.79 Å². The van der Waals surface area contributed by atoms with Gasteiger partial charge >= 0.3 is 0 Å². The van der Waals surface area contributed by atoms with Crippen LogP contribution < -0.4 is 10.6 Å². The molecule has 0 fully saturated rings. The standard InChI is InChI=1S/C17H22N4O/c1-4-13(3)19-16-10-9-15(20-21-16)17(22)18-11-14-8-6-5-7-12(14)2/h5-10,13H,4,11H2,1-3H3,(H,18,22)(H,19,21). The summed E-state index contributed by atoms with van der Waals surface area (Å²) in [7, 11) is 0. The topological polar surface area (TPSA) is 66.9 Å².